The van der Waals surface area contributed by atoms with Crippen LogP contribution in [0.5, 0.6) is 0 Å². The molecule has 5 nitrogen and oxygen atoms in total. The van der Waals surface area contributed by atoms with Crippen LogP contribution in [0.15, 0.2) is 17.5 Å². The van der Waals surface area contributed by atoms with Crippen LogP contribution in [0.3, 0.4) is 0 Å². The van der Waals surface area contributed by atoms with Crippen LogP contribution >= 0.6 is 11.3 Å². The third kappa shape index (κ3) is 3.37. The zero-order valence-electron chi connectivity index (χ0n) is 11.6. The summed E-state index contributed by atoms with van der Waals surface area (Å²) >= 11 is 1.37. The molecular formula is C14H20N2O3S. The first-order valence-electron chi connectivity index (χ1n) is 6.82. The third-order valence-corrected chi connectivity index (χ3v) is 4.49. The van der Waals surface area contributed by atoms with Gasteiger partial charge in [-0.15, -0.1) is 11.3 Å². The van der Waals surface area contributed by atoms with Crippen LogP contribution in [0.4, 0.5) is 0 Å². The topological polar surface area (TPSA) is 60.9 Å². The number of aliphatic hydroxyl groups is 1. The Bertz CT molecular complexity index is 457. The van der Waals surface area contributed by atoms with Crippen molar-refractivity contribution in [2.45, 2.75) is 25.3 Å². The molecule has 0 saturated heterocycles. The largest absolute Gasteiger partial charge is 0.395 e. The highest BCUT2D eigenvalue weighted by molar-refractivity contribution is 7.12. The monoisotopic (exact) mass is 296 g/mol. The van der Waals surface area contributed by atoms with Crippen molar-refractivity contribution in [3.63, 3.8) is 0 Å². The maximum Gasteiger partial charge on any atom is 0.264 e. The van der Waals surface area contributed by atoms with Crippen molar-refractivity contribution < 1.29 is 14.7 Å². The number of aliphatic hydroxyl groups excluding tert-OH is 1. The normalized spacial score (nSPS) is 14.7. The van der Waals surface area contributed by atoms with E-state index in [1.54, 1.807) is 18.0 Å². The summed E-state index contributed by atoms with van der Waals surface area (Å²) in [5.74, 6) is -0.220. The second kappa shape index (κ2) is 6.85. The van der Waals surface area contributed by atoms with Gasteiger partial charge >= 0.3 is 0 Å². The van der Waals surface area contributed by atoms with E-state index in [0.29, 0.717) is 11.4 Å². The average Bonchev–Trinajstić information content (AvgIpc) is 2.88. The molecule has 1 N–H and O–H groups in total. The lowest BCUT2D eigenvalue weighted by atomic mass is 9.91. The molecule has 1 saturated carbocycles. The standard InChI is InChI=1S/C14H20N2O3S/c1-15(14(19)12-6-3-9-20-12)10-13(18)16(7-8-17)11-4-2-5-11/h3,6,9,11,17H,2,4-5,7-8,10H2,1H3. The Labute approximate surface area is 122 Å². The predicted molar refractivity (Wildman–Crippen MR) is 77.7 cm³/mol. The zero-order chi connectivity index (χ0) is 14.5. The fraction of sp³-hybridized carbons (Fsp3) is 0.571. The molecule has 0 unspecified atom stereocenters. The SMILES string of the molecule is CN(CC(=O)N(CCO)C1CCC1)C(=O)c1cccs1. The van der Waals surface area contributed by atoms with Gasteiger partial charge in [-0.25, -0.2) is 0 Å². The molecule has 1 fully saturated rings. The molecule has 1 aromatic heterocycles. The highest BCUT2D eigenvalue weighted by atomic mass is 32.1. The van der Waals surface area contributed by atoms with Gasteiger partial charge in [-0.2, -0.15) is 0 Å². The van der Waals surface area contributed by atoms with Gasteiger partial charge < -0.3 is 14.9 Å². The van der Waals surface area contributed by atoms with Crippen molar-refractivity contribution in [2.75, 3.05) is 26.7 Å². The number of likely N-dealkylation sites (N-methyl/N-ethyl adjacent to an activating group) is 1. The Morgan fingerprint density at radius 3 is 2.70 bits per heavy atom. The second-order valence-electron chi connectivity index (χ2n) is 5.03. The number of nitrogens with zero attached hydrogens (tertiary/aromatic N) is 2. The summed E-state index contributed by atoms with van der Waals surface area (Å²) in [7, 11) is 1.64. The lowest BCUT2D eigenvalue weighted by Gasteiger charge is -2.38. The first-order chi connectivity index (χ1) is 9.63. The van der Waals surface area contributed by atoms with E-state index in [4.69, 9.17) is 5.11 Å². The van der Waals surface area contributed by atoms with E-state index in [1.165, 1.54) is 16.2 Å². The van der Waals surface area contributed by atoms with Crippen molar-refractivity contribution in [2.24, 2.45) is 0 Å². The number of carbonyl (C=O) groups is 2. The van der Waals surface area contributed by atoms with Gasteiger partial charge in [-0.05, 0) is 30.7 Å². The van der Waals surface area contributed by atoms with E-state index >= 15 is 0 Å². The van der Waals surface area contributed by atoms with Crippen molar-refractivity contribution in [1.29, 1.82) is 0 Å². The molecule has 2 rings (SSSR count). The Morgan fingerprint density at radius 2 is 2.20 bits per heavy atom. The van der Waals surface area contributed by atoms with E-state index in [1.807, 2.05) is 11.4 Å². The van der Waals surface area contributed by atoms with Crippen molar-refractivity contribution in [1.82, 2.24) is 9.80 Å². The molecule has 1 aliphatic carbocycles. The van der Waals surface area contributed by atoms with Crippen molar-refractivity contribution in [3.05, 3.63) is 22.4 Å². The molecule has 20 heavy (non-hydrogen) atoms. The van der Waals surface area contributed by atoms with Gasteiger partial charge in [-0.1, -0.05) is 6.07 Å². The zero-order valence-corrected chi connectivity index (χ0v) is 12.4. The van der Waals surface area contributed by atoms with E-state index in [0.717, 1.165) is 19.3 Å². The highest BCUT2D eigenvalue weighted by Crippen LogP contribution is 2.24. The van der Waals surface area contributed by atoms with Crippen LogP contribution in [0, 0.1) is 0 Å². The number of carbonyl (C=O) groups excluding carboxylic acids is 2. The summed E-state index contributed by atoms with van der Waals surface area (Å²) in [6.45, 7) is 0.378. The summed E-state index contributed by atoms with van der Waals surface area (Å²) in [4.78, 5) is 28.2. The lowest BCUT2D eigenvalue weighted by molar-refractivity contribution is -0.136. The van der Waals surface area contributed by atoms with Gasteiger partial charge in [0.25, 0.3) is 5.91 Å². The maximum atomic E-state index is 12.3. The molecule has 6 heteroatoms. The Morgan fingerprint density at radius 1 is 1.45 bits per heavy atom. The first-order valence-corrected chi connectivity index (χ1v) is 7.70. The van der Waals surface area contributed by atoms with Crippen LogP contribution in [0.25, 0.3) is 0 Å². The maximum absolute atomic E-state index is 12.3. The summed E-state index contributed by atoms with van der Waals surface area (Å²) < 4.78 is 0. The molecule has 0 aliphatic heterocycles. The smallest absolute Gasteiger partial charge is 0.264 e. The minimum Gasteiger partial charge on any atom is -0.395 e. The molecule has 0 radical (unpaired) electrons. The summed E-state index contributed by atoms with van der Waals surface area (Å²) in [5.41, 5.74) is 0. The van der Waals surface area contributed by atoms with Crippen LogP contribution in [0.2, 0.25) is 0 Å². The molecule has 1 aliphatic rings. The molecular weight excluding hydrogens is 276 g/mol. The molecule has 0 bridgehead atoms. The minimum absolute atomic E-state index is 0.0369. The fourth-order valence-electron chi connectivity index (χ4n) is 2.27. The van der Waals surface area contributed by atoms with Crippen molar-refractivity contribution >= 4 is 23.2 Å². The van der Waals surface area contributed by atoms with Crippen LogP contribution < -0.4 is 0 Å². The van der Waals surface area contributed by atoms with Gasteiger partial charge in [0.2, 0.25) is 5.91 Å². The highest BCUT2D eigenvalue weighted by Gasteiger charge is 2.29. The number of amides is 2. The van der Waals surface area contributed by atoms with Crippen LogP contribution in [0.1, 0.15) is 28.9 Å². The predicted octanol–water partition coefficient (Wildman–Crippen LogP) is 1.19. The molecule has 110 valence electrons. The molecule has 1 aromatic rings. The van der Waals surface area contributed by atoms with Gasteiger partial charge in [0.05, 0.1) is 18.0 Å². The summed E-state index contributed by atoms with van der Waals surface area (Å²) in [6.07, 6.45) is 3.12. The second-order valence-corrected chi connectivity index (χ2v) is 5.98. The molecule has 0 atom stereocenters. The third-order valence-electron chi connectivity index (χ3n) is 3.63. The summed E-state index contributed by atoms with van der Waals surface area (Å²) in [6, 6.07) is 3.81. The van der Waals surface area contributed by atoms with Gasteiger partial charge in [0.15, 0.2) is 0 Å². The van der Waals surface area contributed by atoms with E-state index in [2.05, 4.69) is 0 Å². The average molecular weight is 296 g/mol. The van der Waals surface area contributed by atoms with E-state index in [9.17, 15) is 9.59 Å². The quantitative estimate of drug-likeness (QED) is 0.858. The van der Waals surface area contributed by atoms with Gasteiger partial charge in [-0.3, -0.25) is 9.59 Å². The molecule has 0 spiro atoms. The van der Waals surface area contributed by atoms with E-state index < -0.39 is 0 Å². The number of hydrogen-bond donors (Lipinski definition) is 1. The fourth-order valence-corrected chi connectivity index (χ4v) is 2.99. The van der Waals surface area contributed by atoms with Crippen molar-refractivity contribution in [3.8, 4) is 0 Å². The van der Waals surface area contributed by atoms with Crippen LogP contribution in [-0.2, 0) is 4.79 Å². The number of hydrogen-bond acceptors (Lipinski definition) is 4. The Balaban J connectivity index is 1.93. The van der Waals surface area contributed by atoms with E-state index in [-0.39, 0.29) is 31.0 Å². The van der Waals surface area contributed by atoms with Gasteiger partial charge in [0.1, 0.15) is 0 Å². The number of thiophene rings is 1. The Hall–Kier alpha value is -1.40. The Kier molecular flexibility index (Phi) is 5.14. The minimum atomic E-state index is -0.133. The molecule has 2 amide bonds. The van der Waals surface area contributed by atoms with Crippen LogP contribution in [-0.4, -0.2) is 59.5 Å². The molecule has 1 heterocycles. The van der Waals surface area contributed by atoms with Gasteiger partial charge in [0, 0.05) is 19.6 Å². The molecule has 0 aromatic carbocycles. The lowest BCUT2D eigenvalue weighted by Crippen LogP contribution is -2.49. The first kappa shape index (κ1) is 15.0. The summed E-state index contributed by atoms with van der Waals surface area (Å²) in [5, 5.41) is 10.9. The number of rotatable bonds is 6.